The quantitative estimate of drug-likeness (QED) is 0.888. The summed E-state index contributed by atoms with van der Waals surface area (Å²) in [7, 11) is 0. The predicted octanol–water partition coefficient (Wildman–Crippen LogP) is 2.51. The molecule has 2 N–H and O–H groups in total. The molecule has 0 saturated heterocycles. The number of rotatable bonds is 3. The van der Waals surface area contributed by atoms with Crippen LogP contribution in [0.3, 0.4) is 0 Å². The lowest BCUT2D eigenvalue weighted by Crippen LogP contribution is -2.29. The summed E-state index contributed by atoms with van der Waals surface area (Å²) in [6.07, 6.45) is 3.22. The van der Waals surface area contributed by atoms with Gasteiger partial charge in [-0.05, 0) is 37.8 Å². The average molecular weight is 277 g/mol. The molecule has 5 heteroatoms. The fourth-order valence-electron chi connectivity index (χ4n) is 2.89. The predicted molar refractivity (Wildman–Crippen MR) is 74.4 cm³/mol. The molecule has 0 radical (unpaired) electrons. The zero-order valence-corrected chi connectivity index (χ0v) is 11.3. The van der Waals surface area contributed by atoms with Crippen LogP contribution in [-0.2, 0) is 4.79 Å². The lowest BCUT2D eigenvalue weighted by atomic mass is 9.86. The molecule has 2 aliphatic rings. The van der Waals surface area contributed by atoms with Crippen LogP contribution in [0.5, 0.6) is 11.5 Å². The van der Waals surface area contributed by atoms with Crippen molar-refractivity contribution in [3.05, 3.63) is 18.2 Å². The van der Waals surface area contributed by atoms with Gasteiger partial charge in [0.1, 0.15) is 13.2 Å². The number of anilines is 1. The van der Waals surface area contributed by atoms with Crippen molar-refractivity contribution in [2.24, 2.45) is 5.92 Å². The summed E-state index contributed by atoms with van der Waals surface area (Å²) in [6, 6.07) is 6.14. The minimum Gasteiger partial charge on any atom is -0.486 e. The SMILES string of the molecule is O=C(O)C1CCC(Nc2cccc3c2OCCO3)CC1. The lowest BCUT2D eigenvalue weighted by molar-refractivity contribution is -0.142. The van der Waals surface area contributed by atoms with Crippen LogP contribution in [0.15, 0.2) is 18.2 Å². The molecule has 1 saturated carbocycles. The molecule has 108 valence electrons. The Morgan fingerprint density at radius 3 is 2.65 bits per heavy atom. The van der Waals surface area contributed by atoms with Gasteiger partial charge in [0, 0.05) is 6.04 Å². The van der Waals surface area contributed by atoms with Crippen molar-refractivity contribution >= 4 is 11.7 Å². The highest BCUT2D eigenvalue weighted by molar-refractivity contribution is 5.70. The Kier molecular flexibility index (Phi) is 3.67. The van der Waals surface area contributed by atoms with E-state index in [-0.39, 0.29) is 5.92 Å². The maximum absolute atomic E-state index is 11.0. The molecule has 1 aliphatic heterocycles. The minimum absolute atomic E-state index is 0.183. The molecule has 5 nitrogen and oxygen atoms in total. The van der Waals surface area contributed by atoms with Crippen LogP contribution in [0.4, 0.5) is 5.69 Å². The van der Waals surface area contributed by atoms with Gasteiger partial charge in [-0.3, -0.25) is 4.79 Å². The highest BCUT2D eigenvalue weighted by Gasteiger charge is 2.26. The summed E-state index contributed by atoms with van der Waals surface area (Å²) in [5.74, 6) is 0.703. The van der Waals surface area contributed by atoms with E-state index in [9.17, 15) is 4.79 Å². The van der Waals surface area contributed by atoms with Gasteiger partial charge in [-0.25, -0.2) is 0 Å². The molecule has 1 aliphatic carbocycles. The first-order valence-corrected chi connectivity index (χ1v) is 7.12. The second kappa shape index (κ2) is 5.61. The van der Waals surface area contributed by atoms with Crippen molar-refractivity contribution in [1.82, 2.24) is 0 Å². The number of hydrogen-bond donors (Lipinski definition) is 2. The zero-order chi connectivity index (χ0) is 13.9. The number of hydrogen-bond acceptors (Lipinski definition) is 4. The van der Waals surface area contributed by atoms with Crippen molar-refractivity contribution < 1.29 is 19.4 Å². The van der Waals surface area contributed by atoms with Gasteiger partial charge >= 0.3 is 5.97 Å². The van der Waals surface area contributed by atoms with Crippen molar-refractivity contribution in [3.63, 3.8) is 0 Å². The van der Waals surface area contributed by atoms with Gasteiger partial charge in [0.25, 0.3) is 0 Å². The molecular weight excluding hydrogens is 258 g/mol. The number of benzene rings is 1. The van der Waals surface area contributed by atoms with Gasteiger partial charge in [-0.2, -0.15) is 0 Å². The van der Waals surface area contributed by atoms with Crippen molar-refractivity contribution in [2.45, 2.75) is 31.7 Å². The molecule has 1 aromatic carbocycles. The van der Waals surface area contributed by atoms with Crippen LogP contribution in [0.25, 0.3) is 0 Å². The molecular formula is C15H19NO4. The lowest BCUT2D eigenvalue weighted by Gasteiger charge is -2.29. The molecule has 1 heterocycles. The number of para-hydroxylation sites is 1. The fraction of sp³-hybridized carbons (Fsp3) is 0.533. The van der Waals surface area contributed by atoms with Crippen LogP contribution in [0.2, 0.25) is 0 Å². The highest BCUT2D eigenvalue weighted by atomic mass is 16.6. The van der Waals surface area contributed by atoms with E-state index in [4.69, 9.17) is 14.6 Å². The normalized spacial score (nSPS) is 25.0. The maximum atomic E-state index is 11.0. The molecule has 1 fully saturated rings. The topological polar surface area (TPSA) is 67.8 Å². The van der Waals surface area contributed by atoms with Gasteiger partial charge in [0.05, 0.1) is 11.6 Å². The van der Waals surface area contributed by atoms with E-state index in [2.05, 4.69) is 5.32 Å². The van der Waals surface area contributed by atoms with Gasteiger partial charge in [0.15, 0.2) is 11.5 Å². The van der Waals surface area contributed by atoms with Gasteiger partial charge in [-0.15, -0.1) is 0 Å². The molecule has 1 aromatic rings. The summed E-state index contributed by atoms with van der Waals surface area (Å²) in [5.41, 5.74) is 0.945. The minimum atomic E-state index is -0.669. The number of carboxylic acids is 1. The van der Waals surface area contributed by atoms with Crippen molar-refractivity contribution in [1.29, 1.82) is 0 Å². The van der Waals surface area contributed by atoms with Crippen LogP contribution in [0, 0.1) is 5.92 Å². The first-order chi connectivity index (χ1) is 9.74. The smallest absolute Gasteiger partial charge is 0.306 e. The summed E-state index contributed by atoms with van der Waals surface area (Å²) in [6.45, 7) is 1.15. The fourth-order valence-corrected chi connectivity index (χ4v) is 2.89. The largest absolute Gasteiger partial charge is 0.486 e. The van der Waals surface area contributed by atoms with Crippen LogP contribution < -0.4 is 14.8 Å². The van der Waals surface area contributed by atoms with E-state index in [1.165, 1.54) is 0 Å². The Hall–Kier alpha value is -1.91. The molecule has 0 atom stereocenters. The van der Waals surface area contributed by atoms with E-state index >= 15 is 0 Å². The Morgan fingerprint density at radius 1 is 1.15 bits per heavy atom. The number of fused-ring (bicyclic) bond motifs is 1. The summed E-state index contributed by atoms with van der Waals surface area (Å²) < 4.78 is 11.2. The van der Waals surface area contributed by atoms with E-state index < -0.39 is 5.97 Å². The van der Waals surface area contributed by atoms with Crippen LogP contribution in [-0.4, -0.2) is 30.3 Å². The zero-order valence-electron chi connectivity index (χ0n) is 11.3. The first kappa shape index (κ1) is 13.1. The van der Waals surface area contributed by atoms with Crippen LogP contribution >= 0.6 is 0 Å². The molecule has 0 unspecified atom stereocenters. The summed E-state index contributed by atoms with van der Waals surface area (Å²) >= 11 is 0. The number of ether oxygens (including phenoxy) is 2. The standard InChI is InChI=1S/C15H19NO4/c17-15(18)10-4-6-11(7-5-10)16-12-2-1-3-13-14(12)20-9-8-19-13/h1-3,10-11,16H,4-9H2,(H,17,18). The second-order valence-electron chi connectivity index (χ2n) is 5.36. The highest BCUT2D eigenvalue weighted by Crippen LogP contribution is 2.38. The number of carbonyl (C=O) groups is 1. The van der Waals surface area contributed by atoms with Gasteiger partial charge in [0.2, 0.25) is 0 Å². The summed E-state index contributed by atoms with van der Waals surface area (Å²) in [4.78, 5) is 11.0. The third kappa shape index (κ3) is 2.66. The van der Waals surface area contributed by atoms with Crippen molar-refractivity contribution in [3.8, 4) is 11.5 Å². The number of aliphatic carboxylic acids is 1. The molecule has 0 bridgehead atoms. The third-order valence-electron chi connectivity index (χ3n) is 4.00. The molecule has 0 aromatic heterocycles. The van der Waals surface area contributed by atoms with Gasteiger partial charge < -0.3 is 19.9 Å². The number of carboxylic acid groups (broad SMARTS) is 1. The van der Waals surface area contributed by atoms with E-state index in [1.54, 1.807) is 0 Å². The second-order valence-corrected chi connectivity index (χ2v) is 5.36. The van der Waals surface area contributed by atoms with E-state index in [0.29, 0.717) is 19.3 Å². The third-order valence-corrected chi connectivity index (χ3v) is 4.00. The summed E-state index contributed by atoms with van der Waals surface area (Å²) in [5, 5.41) is 12.5. The number of nitrogens with one attached hydrogen (secondary N) is 1. The first-order valence-electron chi connectivity index (χ1n) is 7.12. The monoisotopic (exact) mass is 277 g/mol. The Balaban J connectivity index is 1.66. The molecule has 0 spiro atoms. The Bertz CT molecular complexity index is 495. The molecule has 0 amide bonds. The van der Waals surface area contributed by atoms with E-state index in [0.717, 1.165) is 42.9 Å². The van der Waals surface area contributed by atoms with Gasteiger partial charge in [-0.1, -0.05) is 6.07 Å². The Morgan fingerprint density at radius 2 is 1.90 bits per heavy atom. The Labute approximate surface area is 117 Å². The van der Waals surface area contributed by atoms with Crippen molar-refractivity contribution in [2.75, 3.05) is 18.5 Å². The van der Waals surface area contributed by atoms with E-state index in [1.807, 2.05) is 18.2 Å². The average Bonchev–Trinajstić information content (AvgIpc) is 2.48. The molecule has 20 heavy (non-hydrogen) atoms. The maximum Gasteiger partial charge on any atom is 0.306 e. The molecule has 3 rings (SSSR count). The van der Waals surface area contributed by atoms with Crippen LogP contribution in [0.1, 0.15) is 25.7 Å².